The van der Waals surface area contributed by atoms with Crippen LogP contribution >= 0.6 is 15.6 Å². The van der Waals surface area contributed by atoms with Gasteiger partial charge in [0.1, 0.15) is 19.3 Å². The van der Waals surface area contributed by atoms with E-state index < -0.39 is 97.5 Å². The molecular weight excluding hydrogens is 1100 g/mol. The number of aliphatic hydroxyl groups is 1. The number of phosphoric ester groups is 2. The Morgan fingerprint density at radius 1 is 0.289 bits per heavy atom. The van der Waals surface area contributed by atoms with Crippen molar-refractivity contribution in [3.63, 3.8) is 0 Å². The van der Waals surface area contributed by atoms with Crippen molar-refractivity contribution in [2.75, 3.05) is 39.6 Å². The predicted octanol–water partition coefficient (Wildman–Crippen LogP) is 17.9. The first kappa shape index (κ1) is 81.1. The van der Waals surface area contributed by atoms with Crippen molar-refractivity contribution in [2.24, 2.45) is 0 Å². The van der Waals surface area contributed by atoms with Gasteiger partial charge in [0.05, 0.1) is 26.4 Å². The number of phosphoric acid groups is 2. The lowest BCUT2D eigenvalue weighted by molar-refractivity contribution is -0.161. The third kappa shape index (κ3) is 58.8. The van der Waals surface area contributed by atoms with Gasteiger partial charge in [-0.25, -0.2) is 9.13 Å². The minimum Gasteiger partial charge on any atom is -0.462 e. The zero-order valence-electron chi connectivity index (χ0n) is 53.2. The summed E-state index contributed by atoms with van der Waals surface area (Å²) in [6.07, 6.45) is 44.4. The molecule has 0 radical (unpaired) electrons. The van der Waals surface area contributed by atoms with E-state index in [9.17, 15) is 43.2 Å². The third-order valence-corrected chi connectivity index (χ3v) is 16.8. The van der Waals surface area contributed by atoms with Gasteiger partial charge in [-0.3, -0.25) is 37.3 Å². The zero-order valence-corrected chi connectivity index (χ0v) is 54.9. The van der Waals surface area contributed by atoms with E-state index in [0.29, 0.717) is 25.7 Å². The minimum atomic E-state index is -4.94. The Morgan fingerprint density at radius 2 is 0.482 bits per heavy atom. The first-order chi connectivity index (χ1) is 40.2. The second kappa shape index (κ2) is 59.0. The molecule has 0 amide bonds. The zero-order chi connectivity index (χ0) is 61.2. The number of aliphatic hydroxyl groups excluding tert-OH is 1. The van der Waals surface area contributed by atoms with Crippen molar-refractivity contribution in [2.45, 2.75) is 348 Å². The highest BCUT2D eigenvalue weighted by atomic mass is 31.2. The van der Waals surface area contributed by atoms with Gasteiger partial charge < -0.3 is 33.8 Å². The van der Waals surface area contributed by atoms with E-state index in [4.69, 9.17) is 37.0 Å². The highest BCUT2D eigenvalue weighted by molar-refractivity contribution is 7.47. The fourth-order valence-electron chi connectivity index (χ4n) is 9.63. The molecule has 3 N–H and O–H groups in total. The third-order valence-electron chi connectivity index (χ3n) is 14.9. The molecule has 0 aromatic rings. The van der Waals surface area contributed by atoms with Crippen molar-refractivity contribution in [3.05, 3.63) is 0 Å². The van der Waals surface area contributed by atoms with Gasteiger partial charge in [0, 0.05) is 25.7 Å². The molecule has 0 aromatic carbocycles. The van der Waals surface area contributed by atoms with Gasteiger partial charge in [-0.2, -0.15) is 0 Å². The molecule has 492 valence electrons. The van der Waals surface area contributed by atoms with Crippen molar-refractivity contribution < 1.29 is 80.2 Å². The van der Waals surface area contributed by atoms with E-state index in [2.05, 4.69) is 27.7 Å². The topological polar surface area (TPSA) is 237 Å². The highest BCUT2D eigenvalue weighted by Crippen LogP contribution is 2.45. The summed E-state index contributed by atoms with van der Waals surface area (Å²) in [5.74, 6) is -2.13. The molecule has 0 heterocycles. The van der Waals surface area contributed by atoms with Crippen LogP contribution in [0.5, 0.6) is 0 Å². The largest absolute Gasteiger partial charge is 0.472 e. The molecule has 0 bridgehead atoms. The fourth-order valence-corrected chi connectivity index (χ4v) is 11.2. The van der Waals surface area contributed by atoms with Crippen LogP contribution in [0.15, 0.2) is 0 Å². The maximum atomic E-state index is 13.0. The monoisotopic (exact) mass is 1230 g/mol. The second-order valence-corrected chi connectivity index (χ2v) is 26.1. The van der Waals surface area contributed by atoms with Crippen LogP contribution in [-0.4, -0.2) is 96.7 Å². The minimum absolute atomic E-state index is 0.106. The van der Waals surface area contributed by atoms with Crippen molar-refractivity contribution in [1.82, 2.24) is 0 Å². The summed E-state index contributed by atoms with van der Waals surface area (Å²) in [7, 11) is -9.88. The summed E-state index contributed by atoms with van der Waals surface area (Å²) in [6, 6.07) is 0. The average Bonchev–Trinajstić information content (AvgIpc) is 3.46. The second-order valence-electron chi connectivity index (χ2n) is 23.2. The van der Waals surface area contributed by atoms with E-state index in [1.54, 1.807) is 0 Å². The molecule has 0 saturated heterocycles. The molecule has 0 aromatic heterocycles. The van der Waals surface area contributed by atoms with Gasteiger partial charge in [0.15, 0.2) is 12.2 Å². The number of hydrogen-bond acceptors (Lipinski definition) is 15. The Balaban J connectivity index is 5.18. The average molecular weight is 1230 g/mol. The smallest absolute Gasteiger partial charge is 0.462 e. The molecular formula is C64H124O17P2. The molecule has 0 rings (SSSR count). The number of unbranched alkanes of at least 4 members (excludes halogenated alkanes) is 39. The summed E-state index contributed by atoms with van der Waals surface area (Å²) in [6.45, 7) is 4.85. The molecule has 17 nitrogen and oxygen atoms in total. The Bertz CT molecular complexity index is 1600. The number of rotatable bonds is 65. The summed E-state index contributed by atoms with van der Waals surface area (Å²) >= 11 is 0. The van der Waals surface area contributed by atoms with Crippen LogP contribution in [0, 0.1) is 0 Å². The van der Waals surface area contributed by atoms with Crippen LogP contribution in [0.25, 0.3) is 0 Å². The Labute approximate surface area is 505 Å². The van der Waals surface area contributed by atoms with Gasteiger partial charge in [-0.05, 0) is 25.7 Å². The van der Waals surface area contributed by atoms with Crippen LogP contribution in [0.1, 0.15) is 329 Å². The Kier molecular flexibility index (Phi) is 57.7. The summed E-state index contributed by atoms with van der Waals surface area (Å²) < 4.78 is 67.9. The van der Waals surface area contributed by atoms with Crippen LogP contribution in [-0.2, 0) is 65.4 Å². The van der Waals surface area contributed by atoms with E-state index in [-0.39, 0.29) is 25.7 Å². The Hall–Kier alpha value is -1.94. The lowest BCUT2D eigenvalue weighted by Crippen LogP contribution is -2.30. The molecule has 0 spiro atoms. The van der Waals surface area contributed by atoms with Crippen molar-refractivity contribution in [3.8, 4) is 0 Å². The molecule has 19 heteroatoms. The van der Waals surface area contributed by atoms with Gasteiger partial charge in [0.2, 0.25) is 0 Å². The SMILES string of the molecule is CCCCCCCCCCCCCCCCCCC(=O)O[C@H](COC(=O)CCCCCCCCCCC)COP(=O)(O)OC[C@@H](O)COP(=O)(O)OC[C@@H](COC(=O)CCCCCCCCCCC)OC(=O)CCCCCCCCCCC. The first-order valence-corrected chi connectivity index (χ1v) is 36.8. The number of carbonyl (C=O) groups excluding carboxylic acids is 4. The maximum Gasteiger partial charge on any atom is 0.472 e. The van der Waals surface area contributed by atoms with Gasteiger partial charge in [0.25, 0.3) is 0 Å². The standard InChI is InChI=1S/C64H124O17P2/c1-5-9-13-17-21-25-26-27-28-29-30-31-35-39-43-47-51-64(69)81-60(55-75-62(67)49-45-41-37-33-23-19-15-11-7-3)57-79-83(72,73)77-53-58(65)52-76-82(70,71)78-56-59(80-63(68)50-46-42-38-34-24-20-16-12-8-4)54-74-61(66)48-44-40-36-32-22-18-14-10-6-2/h58-60,65H,5-57H2,1-4H3,(H,70,71)(H,72,73)/t58-,59+,60+/m0/s1. The number of carbonyl (C=O) groups is 4. The normalized spacial score (nSPS) is 14.2. The number of hydrogen-bond donors (Lipinski definition) is 3. The van der Waals surface area contributed by atoms with Crippen molar-refractivity contribution >= 4 is 39.5 Å². The van der Waals surface area contributed by atoms with E-state index >= 15 is 0 Å². The van der Waals surface area contributed by atoms with Gasteiger partial charge >= 0.3 is 39.5 Å². The molecule has 0 saturated carbocycles. The summed E-state index contributed by atoms with van der Waals surface area (Å²) in [5.41, 5.74) is 0. The number of ether oxygens (including phenoxy) is 4. The maximum absolute atomic E-state index is 13.0. The van der Waals surface area contributed by atoms with Crippen LogP contribution in [0.2, 0.25) is 0 Å². The van der Waals surface area contributed by atoms with Crippen molar-refractivity contribution in [1.29, 1.82) is 0 Å². The first-order valence-electron chi connectivity index (χ1n) is 33.8. The van der Waals surface area contributed by atoms with E-state index in [1.807, 2.05) is 0 Å². The van der Waals surface area contributed by atoms with E-state index in [0.717, 1.165) is 89.9 Å². The number of esters is 4. The van der Waals surface area contributed by atoms with Crippen LogP contribution in [0.3, 0.4) is 0 Å². The molecule has 0 aliphatic rings. The molecule has 83 heavy (non-hydrogen) atoms. The van der Waals surface area contributed by atoms with Gasteiger partial charge in [-0.1, -0.05) is 278 Å². The van der Waals surface area contributed by atoms with Crippen LogP contribution in [0.4, 0.5) is 0 Å². The molecule has 2 unspecified atom stereocenters. The van der Waals surface area contributed by atoms with E-state index in [1.165, 1.54) is 161 Å². The molecule has 0 aliphatic carbocycles. The van der Waals surface area contributed by atoms with Crippen LogP contribution < -0.4 is 0 Å². The molecule has 0 fully saturated rings. The Morgan fingerprint density at radius 3 is 0.711 bits per heavy atom. The quantitative estimate of drug-likeness (QED) is 0.0222. The highest BCUT2D eigenvalue weighted by Gasteiger charge is 2.30. The summed E-state index contributed by atoms with van der Waals surface area (Å²) in [4.78, 5) is 72.1. The lowest BCUT2D eigenvalue weighted by Gasteiger charge is -2.21. The molecule has 5 atom stereocenters. The fraction of sp³-hybridized carbons (Fsp3) is 0.938. The lowest BCUT2D eigenvalue weighted by atomic mass is 10.0. The van der Waals surface area contributed by atoms with Gasteiger partial charge in [-0.15, -0.1) is 0 Å². The predicted molar refractivity (Wildman–Crippen MR) is 331 cm³/mol. The molecule has 0 aliphatic heterocycles. The summed E-state index contributed by atoms with van der Waals surface area (Å²) in [5, 5.41) is 10.5.